The van der Waals surface area contributed by atoms with E-state index in [0.29, 0.717) is 12.4 Å². The molecular weight excluding hydrogens is 280 g/mol. The standard InChI is InChI=1S/C16H16N4O2/c1-11-2-4-15-14(8-11)12(9-18-15)6-7-17-16-5-3-13(10-19-16)20(21)22/h2-5,8-10,18H,6-7H2,1H3,(H,17,19). The van der Waals surface area contributed by atoms with Crippen molar-refractivity contribution >= 4 is 22.4 Å². The lowest BCUT2D eigenvalue weighted by Gasteiger charge is -2.05. The summed E-state index contributed by atoms with van der Waals surface area (Å²) in [4.78, 5) is 17.4. The summed E-state index contributed by atoms with van der Waals surface area (Å²) in [5, 5.41) is 15.0. The van der Waals surface area contributed by atoms with Gasteiger partial charge in [0.1, 0.15) is 12.0 Å². The first-order chi connectivity index (χ1) is 10.6. The number of fused-ring (bicyclic) bond motifs is 1. The van der Waals surface area contributed by atoms with Crippen LogP contribution in [0.3, 0.4) is 0 Å². The number of nitrogens with one attached hydrogen (secondary N) is 2. The Balaban J connectivity index is 1.64. The molecule has 0 spiro atoms. The number of nitro groups is 1. The summed E-state index contributed by atoms with van der Waals surface area (Å²) in [6, 6.07) is 9.41. The van der Waals surface area contributed by atoms with Crippen LogP contribution in [-0.2, 0) is 6.42 Å². The summed E-state index contributed by atoms with van der Waals surface area (Å²) in [6.07, 6.45) is 4.13. The summed E-state index contributed by atoms with van der Waals surface area (Å²) in [6.45, 7) is 2.79. The maximum atomic E-state index is 10.6. The van der Waals surface area contributed by atoms with Crippen molar-refractivity contribution < 1.29 is 4.92 Å². The summed E-state index contributed by atoms with van der Waals surface area (Å²) >= 11 is 0. The molecule has 6 nitrogen and oxygen atoms in total. The number of anilines is 1. The average molecular weight is 296 g/mol. The Morgan fingerprint density at radius 3 is 2.91 bits per heavy atom. The minimum atomic E-state index is -0.453. The van der Waals surface area contributed by atoms with Crippen LogP contribution in [-0.4, -0.2) is 21.4 Å². The van der Waals surface area contributed by atoms with E-state index in [1.165, 1.54) is 28.8 Å². The van der Waals surface area contributed by atoms with E-state index in [9.17, 15) is 10.1 Å². The highest BCUT2D eigenvalue weighted by atomic mass is 16.6. The Morgan fingerprint density at radius 1 is 1.32 bits per heavy atom. The summed E-state index contributed by atoms with van der Waals surface area (Å²) in [5.74, 6) is 0.640. The largest absolute Gasteiger partial charge is 0.370 e. The van der Waals surface area contributed by atoms with Crippen LogP contribution in [0.1, 0.15) is 11.1 Å². The molecule has 2 N–H and O–H groups in total. The van der Waals surface area contributed by atoms with Crippen molar-refractivity contribution in [1.82, 2.24) is 9.97 Å². The van der Waals surface area contributed by atoms with Gasteiger partial charge in [-0.25, -0.2) is 4.98 Å². The van der Waals surface area contributed by atoms with Gasteiger partial charge in [0.15, 0.2) is 0 Å². The molecule has 3 aromatic rings. The van der Waals surface area contributed by atoms with Gasteiger partial charge in [-0.2, -0.15) is 0 Å². The second-order valence-electron chi connectivity index (χ2n) is 5.20. The third-order valence-electron chi connectivity index (χ3n) is 3.58. The third-order valence-corrected chi connectivity index (χ3v) is 3.58. The lowest BCUT2D eigenvalue weighted by atomic mass is 10.1. The first-order valence-corrected chi connectivity index (χ1v) is 7.04. The van der Waals surface area contributed by atoms with Crippen molar-refractivity contribution in [3.8, 4) is 0 Å². The maximum Gasteiger partial charge on any atom is 0.287 e. The van der Waals surface area contributed by atoms with Crippen molar-refractivity contribution in [3.63, 3.8) is 0 Å². The second-order valence-corrected chi connectivity index (χ2v) is 5.20. The molecule has 0 saturated heterocycles. The van der Waals surface area contributed by atoms with E-state index in [2.05, 4.69) is 40.4 Å². The van der Waals surface area contributed by atoms with Gasteiger partial charge in [0.05, 0.1) is 4.92 Å². The zero-order valence-electron chi connectivity index (χ0n) is 12.2. The van der Waals surface area contributed by atoms with Gasteiger partial charge in [-0.1, -0.05) is 11.6 Å². The van der Waals surface area contributed by atoms with Gasteiger partial charge in [-0.3, -0.25) is 10.1 Å². The molecule has 0 fully saturated rings. The molecule has 112 valence electrons. The molecule has 0 amide bonds. The van der Waals surface area contributed by atoms with Crippen LogP contribution in [0.15, 0.2) is 42.7 Å². The van der Waals surface area contributed by atoms with Crippen LogP contribution in [0.4, 0.5) is 11.5 Å². The molecule has 2 heterocycles. The number of pyridine rings is 1. The molecular formula is C16H16N4O2. The number of hydrogen-bond acceptors (Lipinski definition) is 4. The number of rotatable bonds is 5. The third kappa shape index (κ3) is 2.90. The summed E-state index contributed by atoms with van der Waals surface area (Å²) in [7, 11) is 0. The fraction of sp³-hybridized carbons (Fsp3) is 0.188. The molecule has 1 aromatic carbocycles. The molecule has 0 unspecified atom stereocenters. The summed E-state index contributed by atoms with van der Waals surface area (Å²) in [5.41, 5.74) is 3.61. The highest BCUT2D eigenvalue weighted by Crippen LogP contribution is 2.20. The Kier molecular flexibility index (Phi) is 3.74. The highest BCUT2D eigenvalue weighted by molar-refractivity contribution is 5.83. The van der Waals surface area contributed by atoms with E-state index < -0.39 is 4.92 Å². The normalized spacial score (nSPS) is 10.8. The van der Waals surface area contributed by atoms with Crippen molar-refractivity contribution in [2.75, 3.05) is 11.9 Å². The van der Waals surface area contributed by atoms with Gasteiger partial charge in [0.2, 0.25) is 0 Å². The minimum absolute atomic E-state index is 0.00217. The molecule has 0 atom stereocenters. The molecule has 0 radical (unpaired) electrons. The topological polar surface area (TPSA) is 83.8 Å². The average Bonchev–Trinajstić information content (AvgIpc) is 2.90. The van der Waals surface area contributed by atoms with Gasteiger partial charge in [0.25, 0.3) is 5.69 Å². The van der Waals surface area contributed by atoms with E-state index in [1.54, 1.807) is 6.07 Å². The lowest BCUT2D eigenvalue weighted by Crippen LogP contribution is -2.06. The number of H-pyrrole nitrogens is 1. The van der Waals surface area contributed by atoms with Crippen LogP contribution < -0.4 is 5.32 Å². The first-order valence-electron chi connectivity index (χ1n) is 7.04. The summed E-state index contributed by atoms with van der Waals surface area (Å²) < 4.78 is 0. The van der Waals surface area contributed by atoms with E-state index >= 15 is 0 Å². The predicted octanol–water partition coefficient (Wildman–Crippen LogP) is 3.43. The van der Waals surface area contributed by atoms with Crippen LogP contribution in [0, 0.1) is 17.0 Å². The van der Waals surface area contributed by atoms with Crippen molar-refractivity contribution in [1.29, 1.82) is 0 Å². The number of aryl methyl sites for hydroxylation is 1. The Labute approximate surface area is 127 Å². The predicted molar refractivity (Wildman–Crippen MR) is 86.1 cm³/mol. The number of aromatic amines is 1. The first kappa shape index (κ1) is 14.1. The molecule has 0 saturated carbocycles. The molecule has 6 heteroatoms. The van der Waals surface area contributed by atoms with Crippen LogP contribution in [0.5, 0.6) is 0 Å². The monoisotopic (exact) mass is 296 g/mol. The molecule has 0 aliphatic carbocycles. The van der Waals surface area contributed by atoms with Gasteiger partial charge >= 0.3 is 0 Å². The van der Waals surface area contributed by atoms with Crippen LogP contribution in [0.2, 0.25) is 0 Å². The van der Waals surface area contributed by atoms with E-state index in [0.717, 1.165) is 11.9 Å². The number of nitrogens with zero attached hydrogens (tertiary/aromatic N) is 2. The Bertz CT molecular complexity index is 809. The minimum Gasteiger partial charge on any atom is -0.370 e. The molecule has 0 aliphatic rings. The van der Waals surface area contributed by atoms with E-state index in [4.69, 9.17) is 0 Å². The van der Waals surface area contributed by atoms with Crippen molar-refractivity contribution in [2.45, 2.75) is 13.3 Å². The number of aromatic nitrogens is 2. The lowest BCUT2D eigenvalue weighted by molar-refractivity contribution is -0.385. The fourth-order valence-corrected chi connectivity index (χ4v) is 2.42. The van der Waals surface area contributed by atoms with E-state index in [-0.39, 0.29) is 5.69 Å². The molecule has 0 aliphatic heterocycles. The smallest absolute Gasteiger partial charge is 0.287 e. The zero-order chi connectivity index (χ0) is 15.5. The zero-order valence-corrected chi connectivity index (χ0v) is 12.2. The Hall–Kier alpha value is -2.89. The van der Waals surface area contributed by atoms with Gasteiger partial charge < -0.3 is 10.3 Å². The fourth-order valence-electron chi connectivity index (χ4n) is 2.42. The van der Waals surface area contributed by atoms with Crippen LogP contribution >= 0.6 is 0 Å². The van der Waals surface area contributed by atoms with E-state index in [1.807, 2.05) is 6.20 Å². The van der Waals surface area contributed by atoms with Crippen molar-refractivity contribution in [3.05, 3.63) is 64.0 Å². The molecule has 0 bridgehead atoms. The van der Waals surface area contributed by atoms with Gasteiger partial charge in [-0.15, -0.1) is 0 Å². The van der Waals surface area contributed by atoms with Gasteiger partial charge in [0, 0.05) is 29.7 Å². The molecule has 3 rings (SSSR count). The second kappa shape index (κ2) is 5.85. The van der Waals surface area contributed by atoms with Crippen LogP contribution in [0.25, 0.3) is 10.9 Å². The van der Waals surface area contributed by atoms with Gasteiger partial charge in [-0.05, 0) is 37.1 Å². The quantitative estimate of drug-likeness (QED) is 0.558. The van der Waals surface area contributed by atoms with Crippen molar-refractivity contribution in [2.24, 2.45) is 0 Å². The SMILES string of the molecule is Cc1ccc2[nH]cc(CCNc3ccc([N+](=O)[O-])cn3)c2c1. The molecule has 2 aromatic heterocycles. The maximum absolute atomic E-state index is 10.6. The Morgan fingerprint density at radius 2 is 2.18 bits per heavy atom. The molecule has 22 heavy (non-hydrogen) atoms. The number of hydrogen-bond donors (Lipinski definition) is 2. The number of benzene rings is 1. The highest BCUT2D eigenvalue weighted by Gasteiger charge is 2.06.